The summed E-state index contributed by atoms with van der Waals surface area (Å²) in [7, 11) is 1.47. The van der Waals surface area contributed by atoms with Crippen LogP contribution in [0.4, 0.5) is 0 Å². The maximum atomic E-state index is 12.5. The summed E-state index contributed by atoms with van der Waals surface area (Å²) < 4.78 is 15.9. The molecule has 0 amide bonds. The summed E-state index contributed by atoms with van der Waals surface area (Å²) in [6.45, 7) is 2.45. The molecule has 0 saturated carbocycles. The standard InChI is InChI=1S/C29H30O6/c1-3-34-29(32)27(33-2)20-21-11-13-22(14-12-21)26(30)10-7-19-35-25-17-15-24(16-18-25)28(31)23-8-5-4-6-9-23/h4-6,8-9,11-18,27H,3,7,10,19-20H2,1-2H3/t27-/m0/s1. The fourth-order valence-corrected chi connectivity index (χ4v) is 3.56. The summed E-state index contributed by atoms with van der Waals surface area (Å²) in [5.74, 6) is 0.248. The number of ketones is 2. The second-order valence-electron chi connectivity index (χ2n) is 7.97. The summed E-state index contributed by atoms with van der Waals surface area (Å²) in [6.07, 6.45) is 0.639. The van der Waals surface area contributed by atoms with E-state index in [0.717, 1.165) is 5.56 Å². The molecule has 3 rings (SSSR count). The van der Waals surface area contributed by atoms with Crippen molar-refractivity contribution < 1.29 is 28.6 Å². The highest BCUT2D eigenvalue weighted by Gasteiger charge is 2.19. The van der Waals surface area contributed by atoms with Crippen molar-refractivity contribution in [1.82, 2.24) is 0 Å². The van der Waals surface area contributed by atoms with Crippen LogP contribution in [0.2, 0.25) is 0 Å². The number of benzene rings is 3. The first-order valence-corrected chi connectivity index (χ1v) is 11.7. The van der Waals surface area contributed by atoms with Gasteiger partial charge in [0.15, 0.2) is 17.7 Å². The molecule has 0 radical (unpaired) electrons. The van der Waals surface area contributed by atoms with Crippen LogP contribution >= 0.6 is 0 Å². The Morgan fingerprint density at radius 1 is 0.800 bits per heavy atom. The Hall–Kier alpha value is -3.77. The van der Waals surface area contributed by atoms with Crippen LogP contribution in [0.15, 0.2) is 78.9 Å². The molecule has 182 valence electrons. The van der Waals surface area contributed by atoms with Gasteiger partial charge >= 0.3 is 5.97 Å². The van der Waals surface area contributed by atoms with Gasteiger partial charge in [-0.15, -0.1) is 0 Å². The molecule has 1 atom stereocenters. The minimum absolute atomic E-state index is 0.0256. The highest BCUT2D eigenvalue weighted by molar-refractivity contribution is 6.09. The average Bonchev–Trinajstić information content (AvgIpc) is 2.90. The number of rotatable bonds is 13. The van der Waals surface area contributed by atoms with Crippen molar-refractivity contribution in [1.29, 1.82) is 0 Å². The van der Waals surface area contributed by atoms with Gasteiger partial charge in [-0.25, -0.2) is 4.79 Å². The summed E-state index contributed by atoms with van der Waals surface area (Å²) in [6, 6.07) is 23.3. The highest BCUT2D eigenvalue weighted by Crippen LogP contribution is 2.17. The van der Waals surface area contributed by atoms with E-state index in [1.165, 1.54) is 7.11 Å². The van der Waals surface area contributed by atoms with Gasteiger partial charge < -0.3 is 14.2 Å². The van der Waals surface area contributed by atoms with Crippen molar-refractivity contribution in [2.24, 2.45) is 0 Å². The molecule has 0 unspecified atom stereocenters. The number of hydrogen-bond donors (Lipinski definition) is 0. The zero-order valence-electron chi connectivity index (χ0n) is 20.1. The first kappa shape index (κ1) is 25.8. The van der Waals surface area contributed by atoms with E-state index < -0.39 is 12.1 Å². The van der Waals surface area contributed by atoms with Crippen LogP contribution in [0, 0.1) is 0 Å². The molecule has 0 heterocycles. The number of esters is 1. The monoisotopic (exact) mass is 474 g/mol. The van der Waals surface area contributed by atoms with Gasteiger partial charge in [0.2, 0.25) is 0 Å². The van der Waals surface area contributed by atoms with E-state index in [-0.39, 0.29) is 11.6 Å². The lowest BCUT2D eigenvalue weighted by Gasteiger charge is -2.14. The van der Waals surface area contributed by atoms with Gasteiger partial charge in [-0.1, -0.05) is 54.6 Å². The van der Waals surface area contributed by atoms with Gasteiger partial charge in [-0.3, -0.25) is 9.59 Å². The van der Waals surface area contributed by atoms with Crippen LogP contribution in [0.5, 0.6) is 5.75 Å². The molecule has 3 aromatic carbocycles. The lowest BCUT2D eigenvalue weighted by atomic mass is 10.0. The number of Topliss-reactive ketones (excluding diaryl/α,β-unsaturated/α-hetero) is 1. The SMILES string of the molecule is CCOC(=O)[C@H](Cc1ccc(C(=O)CCCOc2ccc(C(=O)c3ccccc3)cc2)cc1)OC. The molecule has 0 fully saturated rings. The maximum Gasteiger partial charge on any atom is 0.335 e. The molecule has 0 aliphatic heterocycles. The molecule has 0 saturated heterocycles. The zero-order valence-corrected chi connectivity index (χ0v) is 20.1. The van der Waals surface area contributed by atoms with E-state index in [2.05, 4.69) is 0 Å². The van der Waals surface area contributed by atoms with Crippen LogP contribution in [-0.4, -0.2) is 44.0 Å². The third-order valence-corrected chi connectivity index (χ3v) is 5.50. The van der Waals surface area contributed by atoms with Crippen molar-refractivity contribution in [3.05, 3.63) is 101 Å². The zero-order chi connectivity index (χ0) is 25.0. The Kier molecular flexibility index (Phi) is 9.75. The van der Waals surface area contributed by atoms with Crippen molar-refractivity contribution in [2.75, 3.05) is 20.3 Å². The predicted octanol–water partition coefficient (Wildman–Crippen LogP) is 5.08. The summed E-state index contributed by atoms with van der Waals surface area (Å²) in [4.78, 5) is 36.8. The third-order valence-electron chi connectivity index (χ3n) is 5.50. The van der Waals surface area contributed by atoms with Gasteiger partial charge in [0.1, 0.15) is 5.75 Å². The van der Waals surface area contributed by atoms with Crippen molar-refractivity contribution in [2.45, 2.75) is 32.3 Å². The summed E-state index contributed by atoms with van der Waals surface area (Å²) >= 11 is 0. The molecule has 6 heteroatoms. The van der Waals surface area contributed by atoms with Crippen molar-refractivity contribution in [3.63, 3.8) is 0 Å². The van der Waals surface area contributed by atoms with E-state index in [4.69, 9.17) is 14.2 Å². The molecule has 3 aromatic rings. The third kappa shape index (κ3) is 7.62. The summed E-state index contributed by atoms with van der Waals surface area (Å²) in [5.41, 5.74) is 2.74. The molecule has 0 aromatic heterocycles. The second-order valence-corrected chi connectivity index (χ2v) is 7.97. The fraction of sp³-hybridized carbons (Fsp3) is 0.276. The molecule has 0 N–H and O–H groups in total. The van der Waals surface area contributed by atoms with Crippen molar-refractivity contribution in [3.8, 4) is 5.75 Å². The first-order chi connectivity index (χ1) is 17.0. The van der Waals surface area contributed by atoms with E-state index >= 15 is 0 Å². The minimum Gasteiger partial charge on any atom is -0.494 e. The van der Waals surface area contributed by atoms with Gasteiger partial charge in [0.05, 0.1) is 13.2 Å². The summed E-state index contributed by atoms with van der Waals surface area (Å²) in [5, 5.41) is 0. The Morgan fingerprint density at radius 3 is 2.06 bits per heavy atom. The number of carbonyl (C=O) groups is 3. The largest absolute Gasteiger partial charge is 0.494 e. The van der Waals surface area contributed by atoms with Gasteiger partial charge in [0.25, 0.3) is 0 Å². The molecular formula is C29H30O6. The molecule has 6 nitrogen and oxygen atoms in total. The van der Waals surface area contributed by atoms with Crippen LogP contribution in [0.25, 0.3) is 0 Å². The first-order valence-electron chi connectivity index (χ1n) is 11.7. The van der Waals surface area contributed by atoms with E-state index in [0.29, 0.717) is 54.9 Å². The van der Waals surface area contributed by atoms with Gasteiger partial charge in [-0.2, -0.15) is 0 Å². The molecule has 0 aliphatic carbocycles. The van der Waals surface area contributed by atoms with E-state index in [1.807, 2.05) is 30.3 Å². The van der Waals surface area contributed by atoms with Crippen LogP contribution in [0.1, 0.15) is 51.6 Å². The normalized spacial score (nSPS) is 11.5. The average molecular weight is 475 g/mol. The fourth-order valence-electron chi connectivity index (χ4n) is 3.56. The topological polar surface area (TPSA) is 78.9 Å². The Bertz CT molecular complexity index is 1100. The number of carbonyl (C=O) groups excluding carboxylic acids is 3. The quantitative estimate of drug-likeness (QED) is 0.195. The van der Waals surface area contributed by atoms with Crippen LogP contribution < -0.4 is 4.74 Å². The lowest BCUT2D eigenvalue weighted by molar-refractivity contribution is -0.154. The Morgan fingerprint density at radius 2 is 1.43 bits per heavy atom. The smallest absolute Gasteiger partial charge is 0.335 e. The highest BCUT2D eigenvalue weighted by atomic mass is 16.6. The molecular weight excluding hydrogens is 444 g/mol. The molecule has 35 heavy (non-hydrogen) atoms. The molecule has 0 spiro atoms. The van der Waals surface area contributed by atoms with Gasteiger partial charge in [0, 0.05) is 36.6 Å². The van der Waals surface area contributed by atoms with E-state index in [1.54, 1.807) is 55.5 Å². The Labute approximate surface area is 205 Å². The maximum absolute atomic E-state index is 12.5. The molecule has 0 bridgehead atoms. The van der Waals surface area contributed by atoms with Crippen molar-refractivity contribution >= 4 is 17.5 Å². The second kappa shape index (κ2) is 13.2. The number of hydrogen-bond acceptors (Lipinski definition) is 6. The minimum atomic E-state index is -0.667. The predicted molar refractivity (Wildman–Crippen MR) is 133 cm³/mol. The lowest BCUT2D eigenvalue weighted by Crippen LogP contribution is -2.27. The number of methoxy groups -OCH3 is 1. The van der Waals surface area contributed by atoms with Gasteiger partial charge in [-0.05, 0) is 43.2 Å². The van der Waals surface area contributed by atoms with E-state index in [9.17, 15) is 14.4 Å². The van der Waals surface area contributed by atoms with Crippen LogP contribution in [0.3, 0.4) is 0 Å². The van der Waals surface area contributed by atoms with Crippen LogP contribution in [-0.2, 0) is 20.7 Å². The molecule has 0 aliphatic rings. The number of ether oxygens (including phenoxy) is 3. The Balaban J connectivity index is 1.43.